The highest BCUT2D eigenvalue weighted by molar-refractivity contribution is 5.82. The fraction of sp³-hybridized carbons (Fsp3) is 0.571. The third kappa shape index (κ3) is 5.50. The zero-order valence-corrected chi connectivity index (χ0v) is 18.7. The number of nitrogens with one attached hydrogen (secondary N) is 1. The largest absolute Gasteiger partial charge is 0.573 e. The summed E-state index contributed by atoms with van der Waals surface area (Å²) in [5.74, 6) is -1.06. The van der Waals surface area contributed by atoms with E-state index in [0.29, 0.717) is 6.54 Å². The van der Waals surface area contributed by atoms with Gasteiger partial charge >= 0.3 is 6.36 Å². The van der Waals surface area contributed by atoms with Crippen LogP contribution in [-0.2, 0) is 11.8 Å². The number of nitrogens with zero attached hydrogens (tertiary/aromatic N) is 4. The molecular weight excluding hydrogens is 427 g/mol. The van der Waals surface area contributed by atoms with Gasteiger partial charge in [0.2, 0.25) is 5.91 Å². The molecule has 2 unspecified atom stereocenters. The first-order valence-corrected chi connectivity index (χ1v) is 10.2. The van der Waals surface area contributed by atoms with E-state index < -0.39 is 17.5 Å². The molecular formula is C21H28F3N5O3. The number of ether oxygens (including phenoxy) is 2. The van der Waals surface area contributed by atoms with Crippen molar-refractivity contribution in [3.8, 4) is 11.6 Å². The summed E-state index contributed by atoms with van der Waals surface area (Å²) < 4.78 is 49.1. The minimum atomic E-state index is -4.87. The molecule has 11 heteroatoms. The van der Waals surface area contributed by atoms with Crippen LogP contribution in [0.4, 0.5) is 13.2 Å². The smallest absolute Gasteiger partial charge is 0.474 e. The van der Waals surface area contributed by atoms with Crippen LogP contribution in [0, 0.1) is 12.3 Å². The lowest BCUT2D eigenvalue weighted by molar-refractivity contribution is -0.275. The first kappa shape index (κ1) is 23.8. The lowest BCUT2D eigenvalue weighted by Crippen LogP contribution is -2.48. The zero-order chi connectivity index (χ0) is 23.7. The van der Waals surface area contributed by atoms with Crippen LogP contribution >= 0.6 is 0 Å². The maximum Gasteiger partial charge on any atom is 0.573 e. The second-order valence-corrected chi connectivity index (χ2v) is 8.74. The van der Waals surface area contributed by atoms with Gasteiger partial charge in [0.25, 0.3) is 5.88 Å². The topological polar surface area (TPSA) is 81.5 Å². The zero-order valence-electron chi connectivity index (χ0n) is 18.7. The van der Waals surface area contributed by atoms with Gasteiger partial charge in [-0.3, -0.25) is 9.48 Å². The Kier molecular flexibility index (Phi) is 6.68. The minimum absolute atomic E-state index is 0.0805. The highest BCUT2D eigenvalue weighted by Crippen LogP contribution is 2.32. The Hall–Kier alpha value is -2.82. The second kappa shape index (κ2) is 8.97. The van der Waals surface area contributed by atoms with Crippen LogP contribution in [0.5, 0.6) is 11.6 Å². The number of halogens is 3. The number of alkyl halides is 3. The summed E-state index contributed by atoms with van der Waals surface area (Å²) in [6.07, 6.45) is -1.75. The molecule has 0 radical (unpaired) electrons. The third-order valence-corrected chi connectivity index (χ3v) is 5.64. The average molecular weight is 455 g/mol. The molecule has 8 nitrogen and oxygen atoms in total. The van der Waals surface area contributed by atoms with E-state index >= 15 is 0 Å². The molecule has 2 aromatic rings. The highest BCUT2D eigenvalue weighted by atomic mass is 19.4. The normalized spacial score (nSPS) is 19.8. The molecule has 1 fully saturated rings. The molecule has 0 saturated carbocycles. The van der Waals surface area contributed by atoms with Gasteiger partial charge in [-0.1, -0.05) is 0 Å². The summed E-state index contributed by atoms with van der Waals surface area (Å²) in [6, 6.07) is 2.29. The number of hydrogen-bond donors (Lipinski definition) is 1. The molecule has 1 aliphatic heterocycles. The maximum atomic E-state index is 13.1. The standard InChI is InChI=1S/C21H28F3N5O3/c1-13-14(9-26-29(13)5)15-10-28(4)11-16(15)27-19(30)20(2,3)12-31-18-17(7-6-8-25-18)32-21(22,23)24/h6-9,15-16H,10-12H2,1-5H3,(H,27,30). The minimum Gasteiger partial charge on any atom is -0.474 e. The van der Waals surface area contributed by atoms with Crippen LogP contribution in [0.3, 0.4) is 0 Å². The van der Waals surface area contributed by atoms with Crippen molar-refractivity contribution in [3.63, 3.8) is 0 Å². The van der Waals surface area contributed by atoms with E-state index in [1.807, 2.05) is 27.2 Å². The molecule has 3 heterocycles. The molecule has 3 rings (SSSR count). The van der Waals surface area contributed by atoms with Gasteiger partial charge in [0, 0.05) is 44.0 Å². The molecule has 1 aliphatic rings. The molecule has 0 aromatic carbocycles. The van der Waals surface area contributed by atoms with E-state index in [9.17, 15) is 18.0 Å². The van der Waals surface area contributed by atoms with Crippen molar-refractivity contribution < 1.29 is 27.4 Å². The number of carbonyl (C=O) groups is 1. The monoisotopic (exact) mass is 455 g/mol. The lowest BCUT2D eigenvalue weighted by Gasteiger charge is -2.28. The molecule has 1 saturated heterocycles. The summed E-state index contributed by atoms with van der Waals surface area (Å²) in [5.41, 5.74) is 1.10. The maximum absolute atomic E-state index is 13.1. The van der Waals surface area contributed by atoms with Crippen molar-refractivity contribution in [2.24, 2.45) is 12.5 Å². The Morgan fingerprint density at radius 1 is 1.28 bits per heavy atom. The Morgan fingerprint density at radius 3 is 2.62 bits per heavy atom. The molecule has 2 atom stereocenters. The Labute approximate surface area is 184 Å². The van der Waals surface area contributed by atoms with E-state index in [0.717, 1.165) is 23.9 Å². The lowest BCUT2D eigenvalue weighted by atomic mass is 9.90. The van der Waals surface area contributed by atoms with Crippen molar-refractivity contribution in [1.82, 2.24) is 25.0 Å². The number of aryl methyl sites for hydroxylation is 1. The average Bonchev–Trinajstić information content (AvgIpc) is 3.21. The number of carbonyl (C=O) groups excluding carboxylic acids is 1. The number of pyridine rings is 1. The first-order chi connectivity index (χ1) is 14.9. The van der Waals surface area contributed by atoms with Crippen LogP contribution in [0.2, 0.25) is 0 Å². The van der Waals surface area contributed by atoms with E-state index in [4.69, 9.17) is 4.74 Å². The number of hydrogen-bond acceptors (Lipinski definition) is 6. The molecule has 1 amide bonds. The van der Waals surface area contributed by atoms with Gasteiger partial charge < -0.3 is 19.7 Å². The molecule has 32 heavy (non-hydrogen) atoms. The Balaban J connectivity index is 1.67. The number of amides is 1. The van der Waals surface area contributed by atoms with Crippen molar-refractivity contribution >= 4 is 5.91 Å². The van der Waals surface area contributed by atoms with Crippen molar-refractivity contribution in [1.29, 1.82) is 0 Å². The fourth-order valence-electron chi connectivity index (χ4n) is 3.71. The van der Waals surface area contributed by atoms with Gasteiger partial charge in [0.05, 0.1) is 11.6 Å². The van der Waals surface area contributed by atoms with Crippen LogP contribution in [-0.4, -0.2) is 64.7 Å². The predicted octanol–water partition coefficient (Wildman–Crippen LogP) is 2.64. The van der Waals surface area contributed by atoms with Crippen LogP contribution in [0.15, 0.2) is 24.5 Å². The summed E-state index contributed by atoms with van der Waals surface area (Å²) in [6.45, 7) is 6.59. The molecule has 176 valence electrons. The highest BCUT2D eigenvalue weighted by Gasteiger charge is 2.39. The van der Waals surface area contributed by atoms with Crippen LogP contribution in [0.25, 0.3) is 0 Å². The van der Waals surface area contributed by atoms with Crippen molar-refractivity contribution in [3.05, 3.63) is 35.8 Å². The van der Waals surface area contributed by atoms with Crippen molar-refractivity contribution in [2.75, 3.05) is 26.7 Å². The molecule has 2 aromatic heterocycles. The second-order valence-electron chi connectivity index (χ2n) is 8.74. The van der Waals surface area contributed by atoms with E-state index in [2.05, 4.69) is 25.0 Å². The number of aromatic nitrogens is 3. The first-order valence-electron chi connectivity index (χ1n) is 10.2. The Bertz CT molecular complexity index is 960. The summed E-state index contributed by atoms with van der Waals surface area (Å²) in [7, 11) is 3.86. The van der Waals surface area contributed by atoms with Gasteiger partial charge in [0.1, 0.15) is 6.61 Å². The quantitative estimate of drug-likeness (QED) is 0.692. The van der Waals surface area contributed by atoms with Crippen LogP contribution in [0.1, 0.15) is 31.0 Å². The fourth-order valence-corrected chi connectivity index (χ4v) is 3.71. The van der Waals surface area contributed by atoms with E-state index in [1.165, 1.54) is 12.3 Å². The molecule has 0 aliphatic carbocycles. The van der Waals surface area contributed by atoms with Gasteiger partial charge in [0.15, 0.2) is 5.75 Å². The third-order valence-electron chi connectivity index (χ3n) is 5.64. The van der Waals surface area contributed by atoms with Gasteiger partial charge in [-0.25, -0.2) is 4.98 Å². The van der Waals surface area contributed by atoms with Crippen LogP contribution < -0.4 is 14.8 Å². The van der Waals surface area contributed by atoms with Crippen molar-refractivity contribution in [2.45, 2.75) is 39.1 Å². The van der Waals surface area contributed by atoms with Gasteiger partial charge in [-0.15, -0.1) is 13.2 Å². The molecule has 1 N–H and O–H groups in total. The molecule has 0 bridgehead atoms. The van der Waals surface area contributed by atoms with E-state index in [-0.39, 0.29) is 30.4 Å². The summed E-state index contributed by atoms with van der Waals surface area (Å²) in [5, 5.41) is 7.41. The number of rotatable bonds is 7. The summed E-state index contributed by atoms with van der Waals surface area (Å²) in [4.78, 5) is 19.0. The SMILES string of the molecule is Cc1c(C2CN(C)CC2NC(=O)C(C)(C)COc2ncccc2OC(F)(F)F)cnn1C. The number of likely N-dealkylation sites (N-methyl/N-ethyl adjacent to an activating group) is 1. The summed E-state index contributed by atoms with van der Waals surface area (Å²) >= 11 is 0. The Morgan fingerprint density at radius 2 is 2.00 bits per heavy atom. The predicted molar refractivity (Wildman–Crippen MR) is 110 cm³/mol. The van der Waals surface area contributed by atoms with Gasteiger partial charge in [-0.05, 0) is 45.5 Å². The van der Waals surface area contributed by atoms with E-state index in [1.54, 1.807) is 18.5 Å². The van der Waals surface area contributed by atoms with Gasteiger partial charge in [-0.2, -0.15) is 5.10 Å². The number of likely N-dealkylation sites (tertiary alicyclic amines) is 1. The molecule has 0 spiro atoms.